The molecule has 26 heavy (non-hydrogen) atoms. The molecule has 0 saturated heterocycles. The summed E-state index contributed by atoms with van der Waals surface area (Å²) in [4.78, 5) is 25.7. The molecule has 0 radical (unpaired) electrons. The quantitative estimate of drug-likeness (QED) is 0.826. The summed E-state index contributed by atoms with van der Waals surface area (Å²) in [6.45, 7) is 9.61. The number of amides is 1. The van der Waals surface area contributed by atoms with Crippen molar-refractivity contribution >= 4 is 11.7 Å². The smallest absolute Gasteiger partial charge is 0.252 e. The molecule has 0 aromatic heterocycles. The molecule has 0 aliphatic rings. The highest BCUT2D eigenvalue weighted by Crippen LogP contribution is 2.18. The summed E-state index contributed by atoms with van der Waals surface area (Å²) in [6, 6.07) is 11.8. The number of aryl methyl sites for hydroxylation is 3. The number of carbonyl (C=O) groups is 2. The summed E-state index contributed by atoms with van der Waals surface area (Å²) >= 11 is 0. The van der Waals surface area contributed by atoms with Gasteiger partial charge in [-0.05, 0) is 49.9 Å². The first-order chi connectivity index (χ1) is 12.2. The molecule has 0 saturated carbocycles. The van der Waals surface area contributed by atoms with Crippen LogP contribution in [0.5, 0.6) is 0 Å². The minimum absolute atomic E-state index is 0.0619. The van der Waals surface area contributed by atoms with Crippen molar-refractivity contribution in [3.8, 4) is 6.07 Å². The van der Waals surface area contributed by atoms with E-state index in [0.717, 1.165) is 16.7 Å². The van der Waals surface area contributed by atoms with Crippen LogP contribution in [-0.4, -0.2) is 17.7 Å². The third-order valence-electron chi connectivity index (χ3n) is 4.44. The summed E-state index contributed by atoms with van der Waals surface area (Å²) in [7, 11) is 0. The molecular formula is C22H24N2O2. The Morgan fingerprint density at radius 1 is 1.00 bits per heavy atom. The van der Waals surface area contributed by atoms with Crippen molar-refractivity contribution in [1.29, 1.82) is 5.26 Å². The molecular weight excluding hydrogens is 324 g/mol. The lowest BCUT2D eigenvalue weighted by molar-refractivity contribution is 0.0830. The van der Waals surface area contributed by atoms with Crippen LogP contribution in [0.1, 0.15) is 56.8 Å². The number of nitriles is 1. The van der Waals surface area contributed by atoms with Crippen molar-refractivity contribution in [1.82, 2.24) is 5.32 Å². The van der Waals surface area contributed by atoms with Gasteiger partial charge in [-0.1, -0.05) is 43.7 Å². The highest BCUT2D eigenvalue weighted by Gasteiger charge is 2.26. The van der Waals surface area contributed by atoms with Crippen molar-refractivity contribution in [3.63, 3.8) is 0 Å². The van der Waals surface area contributed by atoms with E-state index in [1.807, 2.05) is 52.8 Å². The lowest BCUT2D eigenvalue weighted by atomic mass is 9.93. The summed E-state index contributed by atoms with van der Waals surface area (Å²) in [5, 5.41) is 11.8. The number of rotatable bonds is 5. The number of Topliss-reactive ketones (excluding diaryl/α,β-unsaturated/α-hetero) is 1. The normalized spacial score (nSPS) is 11.7. The van der Waals surface area contributed by atoms with Gasteiger partial charge >= 0.3 is 0 Å². The molecule has 4 heteroatoms. The molecule has 4 nitrogen and oxygen atoms in total. The van der Waals surface area contributed by atoms with E-state index in [-0.39, 0.29) is 17.6 Å². The Labute approximate surface area is 154 Å². The van der Waals surface area contributed by atoms with E-state index >= 15 is 0 Å². The van der Waals surface area contributed by atoms with Gasteiger partial charge in [0.1, 0.15) is 0 Å². The van der Waals surface area contributed by atoms with E-state index in [9.17, 15) is 9.59 Å². The first kappa shape index (κ1) is 19.4. The van der Waals surface area contributed by atoms with Gasteiger partial charge in [0.2, 0.25) is 0 Å². The number of hydrogen-bond donors (Lipinski definition) is 1. The van der Waals surface area contributed by atoms with Crippen LogP contribution in [0.3, 0.4) is 0 Å². The van der Waals surface area contributed by atoms with E-state index in [1.54, 1.807) is 24.3 Å². The Morgan fingerprint density at radius 2 is 1.54 bits per heavy atom. The second-order valence-electron chi connectivity index (χ2n) is 7.02. The van der Waals surface area contributed by atoms with Gasteiger partial charge in [0, 0.05) is 11.1 Å². The second kappa shape index (κ2) is 7.97. The Balaban J connectivity index is 2.29. The fourth-order valence-electron chi connectivity index (χ4n) is 3.18. The molecule has 134 valence electrons. The zero-order valence-electron chi connectivity index (χ0n) is 15.9. The van der Waals surface area contributed by atoms with Gasteiger partial charge in [0.05, 0.1) is 17.7 Å². The predicted molar refractivity (Wildman–Crippen MR) is 102 cm³/mol. The van der Waals surface area contributed by atoms with Crippen molar-refractivity contribution in [3.05, 3.63) is 69.8 Å². The zero-order valence-corrected chi connectivity index (χ0v) is 15.9. The molecule has 0 spiro atoms. The van der Waals surface area contributed by atoms with Gasteiger partial charge in [-0.3, -0.25) is 9.59 Å². The van der Waals surface area contributed by atoms with Gasteiger partial charge in [0.25, 0.3) is 5.91 Å². The van der Waals surface area contributed by atoms with Crippen LogP contribution < -0.4 is 5.32 Å². The monoisotopic (exact) mass is 348 g/mol. The van der Waals surface area contributed by atoms with Gasteiger partial charge < -0.3 is 5.32 Å². The van der Waals surface area contributed by atoms with E-state index in [0.29, 0.717) is 16.7 Å². The topological polar surface area (TPSA) is 70.0 Å². The van der Waals surface area contributed by atoms with Crippen molar-refractivity contribution in [2.24, 2.45) is 5.92 Å². The van der Waals surface area contributed by atoms with Crippen LogP contribution in [0.25, 0.3) is 0 Å². The highest BCUT2D eigenvalue weighted by molar-refractivity contribution is 6.05. The largest absolute Gasteiger partial charge is 0.342 e. The summed E-state index contributed by atoms with van der Waals surface area (Å²) in [5.41, 5.74) is 4.50. The van der Waals surface area contributed by atoms with Crippen molar-refractivity contribution in [2.75, 3.05) is 0 Å². The maximum Gasteiger partial charge on any atom is 0.252 e. The number of carbonyl (C=O) groups excluding carboxylic acids is 2. The average Bonchev–Trinajstić information content (AvgIpc) is 2.58. The first-order valence-corrected chi connectivity index (χ1v) is 8.67. The molecule has 0 aliphatic heterocycles. The number of nitrogens with one attached hydrogen (secondary N) is 1. The molecule has 2 aromatic carbocycles. The standard InChI is InChI=1S/C22H24N2O2/c1-13(2)20(21(25)18-8-6-17(12-23)7-9-18)24-22(26)19-15(4)10-14(3)11-16(19)5/h6-11,13,20H,1-5H3,(H,24,26). The number of ketones is 1. The molecule has 2 rings (SSSR count). The van der Waals surface area contributed by atoms with Gasteiger partial charge in [-0.25, -0.2) is 0 Å². The molecule has 1 unspecified atom stereocenters. The molecule has 1 N–H and O–H groups in total. The van der Waals surface area contributed by atoms with Crippen LogP contribution in [-0.2, 0) is 0 Å². The third kappa shape index (κ3) is 4.18. The lowest BCUT2D eigenvalue weighted by Crippen LogP contribution is -2.44. The third-order valence-corrected chi connectivity index (χ3v) is 4.44. The van der Waals surface area contributed by atoms with Gasteiger partial charge in [0.15, 0.2) is 5.78 Å². The van der Waals surface area contributed by atoms with Crippen molar-refractivity contribution < 1.29 is 9.59 Å². The van der Waals surface area contributed by atoms with Crippen LogP contribution in [0.15, 0.2) is 36.4 Å². The Kier molecular flexibility index (Phi) is 5.94. The van der Waals surface area contributed by atoms with Gasteiger partial charge in [-0.2, -0.15) is 5.26 Å². The minimum Gasteiger partial charge on any atom is -0.342 e. The zero-order chi connectivity index (χ0) is 19.4. The molecule has 1 amide bonds. The maximum atomic E-state index is 12.9. The fourth-order valence-corrected chi connectivity index (χ4v) is 3.18. The van der Waals surface area contributed by atoms with Crippen LogP contribution >= 0.6 is 0 Å². The number of benzene rings is 2. The number of nitrogens with zero attached hydrogens (tertiary/aromatic N) is 1. The minimum atomic E-state index is -0.629. The Bertz CT molecular complexity index is 851. The maximum absolute atomic E-state index is 12.9. The van der Waals surface area contributed by atoms with Crippen LogP contribution in [0.2, 0.25) is 0 Å². The molecule has 0 heterocycles. The average molecular weight is 348 g/mol. The van der Waals surface area contributed by atoms with Gasteiger partial charge in [-0.15, -0.1) is 0 Å². The molecule has 0 fully saturated rings. The van der Waals surface area contributed by atoms with Crippen molar-refractivity contribution in [2.45, 2.75) is 40.7 Å². The second-order valence-corrected chi connectivity index (χ2v) is 7.02. The highest BCUT2D eigenvalue weighted by atomic mass is 16.2. The lowest BCUT2D eigenvalue weighted by Gasteiger charge is -2.22. The molecule has 2 aromatic rings. The van der Waals surface area contributed by atoms with E-state index < -0.39 is 6.04 Å². The fraction of sp³-hybridized carbons (Fsp3) is 0.318. The Hall–Kier alpha value is -2.93. The van der Waals surface area contributed by atoms with E-state index in [4.69, 9.17) is 5.26 Å². The first-order valence-electron chi connectivity index (χ1n) is 8.67. The molecule has 0 aliphatic carbocycles. The number of hydrogen-bond acceptors (Lipinski definition) is 3. The SMILES string of the molecule is Cc1cc(C)c(C(=O)NC(C(=O)c2ccc(C#N)cc2)C(C)C)c(C)c1. The molecule has 1 atom stereocenters. The van der Waals surface area contributed by atoms with Crippen LogP contribution in [0, 0.1) is 38.0 Å². The molecule has 0 bridgehead atoms. The summed E-state index contributed by atoms with van der Waals surface area (Å²) in [5.74, 6) is -0.450. The van der Waals surface area contributed by atoms with Crippen LogP contribution in [0.4, 0.5) is 0 Å². The summed E-state index contributed by atoms with van der Waals surface area (Å²) < 4.78 is 0. The van der Waals surface area contributed by atoms with E-state index in [1.165, 1.54) is 0 Å². The predicted octanol–water partition coefficient (Wildman–Crippen LogP) is 4.12. The summed E-state index contributed by atoms with van der Waals surface area (Å²) in [6.07, 6.45) is 0. The van der Waals surface area contributed by atoms with E-state index in [2.05, 4.69) is 5.32 Å². The Morgan fingerprint density at radius 3 is 2.00 bits per heavy atom.